The van der Waals surface area contributed by atoms with Gasteiger partial charge in [0.25, 0.3) is 0 Å². The summed E-state index contributed by atoms with van der Waals surface area (Å²) in [5.41, 5.74) is 0.916. The minimum atomic E-state index is 0.253. The number of rotatable bonds is 4. The molecular formula is C11H16N2OS. The van der Waals surface area contributed by atoms with Crippen LogP contribution in [0.25, 0.3) is 0 Å². The Bertz CT molecular complexity index is 342. The molecule has 1 aliphatic carbocycles. The molecule has 1 fully saturated rings. The molecule has 1 aliphatic rings. The zero-order valence-corrected chi connectivity index (χ0v) is 9.85. The van der Waals surface area contributed by atoms with Gasteiger partial charge in [0.2, 0.25) is 0 Å². The van der Waals surface area contributed by atoms with E-state index in [0.717, 1.165) is 36.3 Å². The molecule has 3 nitrogen and oxygen atoms in total. The monoisotopic (exact) mass is 224 g/mol. The van der Waals surface area contributed by atoms with Crippen molar-refractivity contribution >= 4 is 17.3 Å². The summed E-state index contributed by atoms with van der Waals surface area (Å²) in [5.74, 6) is 0.550. The summed E-state index contributed by atoms with van der Waals surface area (Å²) in [5, 5.41) is 4.05. The Kier molecular flexibility index (Phi) is 3.46. The summed E-state index contributed by atoms with van der Waals surface area (Å²) in [6.07, 6.45) is 6.42. The van der Waals surface area contributed by atoms with Gasteiger partial charge in [-0.3, -0.25) is 4.79 Å². The van der Waals surface area contributed by atoms with Gasteiger partial charge in [-0.05, 0) is 30.8 Å². The van der Waals surface area contributed by atoms with Crippen LogP contribution in [-0.4, -0.2) is 15.4 Å². The van der Waals surface area contributed by atoms with E-state index in [1.165, 1.54) is 24.4 Å². The lowest BCUT2D eigenvalue weighted by molar-refractivity contribution is 0.0926. The summed E-state index contributed by atoms with van der Waals surface area (Å²) in [6, 6.07) is 0. The minimum Gasteiger partial charge on any atom is -0.293 e. The van der Waals surface area contributed by atoms with Gasteiger partial charge in [0, 0.05) is 5.92 Å². The fourth-order valence-corrected chi connectivity index (χ4v) is 2.90. The predicted octanol–water partition coefficient (Wildman–Crippen LogP) is 2.86. The molecule has 1 aromatic heterocycles. The standard InChI is InChI=1S/C11H16N2OS/c1-2-5-9-11(15-13-12-9)10(14)8-6-3-4-7-8/h8H,2-7H2,1H3. The molecule has 15 heavy (non-hydrogen) atoms. The van der Waals surface area contributed by atoms with Crippen LogP contribution in [0.4, 0.5) is 0 Å². The SMILES string of the molecule is CCCc1nnsc1C(=O)C1CCCC1. The fraction of sp³-hybridized carbons (Fsp3) is 0.727. The normalized spacial score (nSPS) is 17.1. The van der Waals surface area contributed by atoms with Crippen LogP contribution >= 0.6 is 11.5 Å². The van der Waals surface area contributed by atoms with E-state index >= 15 is 0 Å². The highest BCUT2D eigenvalue weighted by Crippen LogP contribution is 2.29. The number of hydrogen-bond acceptors (Lipinski definition) is 4. The maximum Gasteiger partial charge on any atom is 0.179 e. The largest absolute Gasteiger partial charge is 0.293 e. The molecule has 0 aliphatic heterocycles. The first-order chi connectivity index (χ1) is 7.33. The van der Waals surface area contributed by atoms with E-state index < -0.39 is 0 Å². The number of carbonyl (C=O) groups is 1. The Hall–Kier alpha value is -0.770. The highest BCUT2D eigenvalue weighted by molar-refractivity contribution is 7.08. The molecule has 4 heteroatoms. The van der Waals surface area contributed by atoms with Gasteiger partial charge in [0.15, 0.2) is 5.78 Å². The molecule has 0 aromatic carbocycles. The van der Waals surface area contributed by atoms with Gasteiger partial charge in [0.1, 0.15) is 4.88 Å². The lowest BCUT2D eigenvalue weighted by Gasteiger charge is -2.05. The van der Waals surface area contributed by atoms with Crippen LogP contribution in [0.3, 0.4) is 0 Å². The van der Waals surface area contributed by atoms with E-state index in [1.807, 2.05) is 0 Å². The van der Waals surface area contributed by atoms with Gasteiger partial charge < -0.3 is 0 Å². The molecule has 0 spiro atoms. The van der Waals surface area contributed by atoms with E-state index in [9.17, 15) is 4.79 Å². The molecule has 1 aromatic rings. The van der Waals surface area contributed by atoms with Gasteiger partial charge in [0.05, 0.1) is 5.69 Å². The third-order valence-corrected chi connectivity index (χ3v) is 3.77. The molecule has 0 amide bonds. The van der Waals surface area contributed by atoms with E-state index in [0.29, 0.717) is 5.78 Å². The highest BCUT2D eigenvalue weighted by atomic mass is 32.1. The second-order valence-corrected chi connectivity index (χ2v) is 4.90. The smallest absolute Gasteiger partial charge is 0.179 e. The van der Waals surface area contributed by atoms with Crippen molar-refractivity contribution in [2.45, 2.75) is 45.4 Å². The Morgan fingerprint density at radius 2 is 2.20 bits per heavy atom. The van der Waals surface area contributed by atoms with Crippen molar-refractivity contribution in [3.05, 3.63) is 10.6 Å². The molecule has 0 saturated heterocycles. The van der Waals surface area contributed by atoms with Gasteiger partial charge in [-0.15, -0.1) is 5.10 Å². The number of aryl methyl sites for hydroxylation is 1. The molecule has 0 atom stereocenters. The Morgan fingerprint density at radius 3 is 2.87 bits per heavy atom. The second-order valence-electron chi connectivity index (χ2n) is 4.14. The molecule has 2 rings (SSSR count). The van der Waals surface area contributed by atoms with Crippen molar-refractivity contribution in [1.29, 1.82) is 0 Å². The van der Waals surface area contributed by atoms with Crippen LogP contribution in [0.2, 0.25) is 0 Å². The van der Waals surface area contributed by atoms with Crippen LogP contribution in [0.1, 0.15) is 54.4 Å². The first-order valence-electron chi connectivity index (χ1n) is 5.68. The van der Waals surface area contributed by atoms with Crippen LogP contribution in [-0.2, 0) is 6.42 Å². The van der Waals surface area contributed by atoms with Crippen LogP contribution in [0, 0.1) is 5.92 Å². The lowest BCUT2D eigenvalue weighted by atomic mass is 10.00. The summed E-state index contributed by atoms with van der Waals surface area (Å²) in [7, 11) is 0. The Labute approximate surface area is 94.1 Å². The van der Waals surface area contributed by atoms with Crippen molar-refractivity contribution < 1.29 is 4.79 Å². The number of aromatic nitrogens is 2. The quantitative estimate of drug-likeness (QED) is 0.738. The molecular weight excluding hydrogens is 208 g/mol. The van der Waals surface area contributed by atoms with Crippen molar-refractivity contribution in [3.63, 3.8) is 0 Å². The summed E-state index contributed by atoms with van der Waals surface area (Å²) < 4.78 is 3.90. The third kappa shape index (κ3) is 2.25. The third-order valence-electron chi connectivity index (χ3n) is 2.99. The van der Waals surface area contributed by atoms with Crippen LogP contribution < -0.4 is 0 Å². The topological polar surface area (TPSA) is 42.9 Å². The molecule has 0 radical (unpaired) electrons. The number of ketones is 1. The molecule has 1 heterocycles. The van der Waals surface area contributed by atoms with Crippen molar-refractivity contribution in [3.8, 4) is 0 Å². The first-order valence-corrected chi connectivity index (χ1v) is 6.45. The number of hydrogen-bond donors (Lipinski definition) is 0. The van der Waals surface area contributed by atoms with Gasteiger partial charge >= 0.3 is 0 Å². The molecule has 0 unspecified atom stereocenters. The summed E-state index contributed by atoms with van der Waals surface area (Å²) >= 11 is 1.27. The average molecular weight is 224 g/mol. The lowest BCUT2D eigenvalue weighted by Crippen LogP contribution is -2.11. The van der Waals surface area contributed by atoms with E-state index in [2.05, 4.69) is 16.5 Å². The Morgan fingerprint density at radius 1 is 1.47 bits per heavy atom. The van der Waals surface area contributed by atoms with Crippen LogP contribution in [0.15, 0.2) is 0 Å². The highest BCUT2D eigenvalue weighted by Gasteiger charge is 2.27. The number of nitrogens with zero attached hydrogens (tertiary/aromatic N) is 2. The first kappa shape index (κ1) is 10.7. The zero-order valence-electron chi connectivity index (χ0n) is 9.03. The number of Topliss-reactive ketones (excluding diaryl/α,β-unsaturated/α-hetero) is 1. The maximum absolute atomic E-state index is 12.1. The van der Waals surface area contributed by atoms with E-state index in [4.69, 9.17) is 0 Å². The van der Waals surface area contributed by atoms with E-state index in [-0.39, 0.29) is 5.92 Å². The van der Waals surface area contributed by atoms with Gasteiger partial charge in [-0.25, -0.2) is 0 Å². The molecule has 0 bridgehead atoms. The predicted molar refractivity (Wildman–Crippen MR) is 60.2 cm³/mol. The van der Waals surface area contributed by atoms with Crippen LogP contribution in [0.5, 0.6) is 0 Å². The van der Waals surface area contributed by atoms with Gasteiger partial charge in [-0.1, -0.05) is 30.7 Å². The summed E-state index contributed by atoms with van der Waals surface area (Å²) in [4.78, 5) is 13.0. The van der Waals surface area contributed by atoms with Crippen molar-refractivity contribution in [2.75, 3.05) is 0 Å². The average Bonchev–Trinajstić information content (AvgIpc) is 2.87. The maximum atomic E-state index is 12.1. The fourth-order valence-electron chi connectivity index (χ4n) is 2.17. The van der Waals surface area contributed by atoms with E-state index in [1.54, 1.807) is 0 Å². The number of carbonyl (C=O) groups excluding carboxylic acids is 1. The van der Waals surface area contributed by atoms with Crippen molar-refractivity contribution in [1.82, 2.24) is 9.59 Å². The zero-order chi connectivity index (χ0) is 10.7. The Balaban J connectivity index is 2.13. The minimum absolute atomic E-state index is 0.253. The summed E-state index contributed by atoms with van der Waals surface area (Å²) in [6.45, 7) is 2.10. The van der Waals surface area contributed by atoms with Gasteiger partial charge in [-0.2, -0.15) is 0 Å². The second kappa shape index (κ2) is 4.84. The molecule has 1 saturated carbocycles. The molecule has 0 N–H and O–H groups in total. The molecule has 82 valence electrons. The van der Waals surface area contributed by atoms with Crippen molar-refractivity contribution in [2.24, 2.45) is 5.92 Å².